The van der Waals surface area contributed by atoms with Crippen molar-refractivity contribution in [3.8, 4) is 22.9 Å². The maximum Gasteiger partial charge on any atom is 0.173 e. The second-order valence-corrected chi connectivity index (χ2v) is 7.92. The lowest BCUT2D eigenvalue weighted by atomic mass is 10.1. The molecule has 32 heavy (non-hydrogen) atoms. The van der Waals surface area contributed by atoms with E-state index in [1.807, 2.05) is 35.0 Å². The van der Waals surface area contributed by atoms with Crippen molar-refractivity contribution >= 4 is 5.69 Å². The van der Waals surface area contributed by atoms with Crippen molar-refractivity contribution in [1.82, 2.24) is 25.1 Å². The van der Waals surface area contributed by atoms with E-state index in [-0.39, 0.29) is 6.04 Å². The van der Waals surface area contributed by atoms with Gasteiger partial charge in [0.2, 0.25) is 0 Å². The normalized spacial score (nSPS) is 17.2. The SMILES string of the molecule is CCC(c1nnnn1-c1ccc2c(c1)OCCO2)N1CCN(c2ccc(OC)cc2)CC1. The van der Waals surface area contributed by atoms with Crippen LogP contribution >= 0.6 is 0 Å². The fraction of sp³-hybridized carbons (Fsp3) is 0.435. The molecule has 0 amide bonds. The summed E-state index contributed by atoms with van der Waals surface area (Å²) in [5, 5.41) is 12.7. The molecule has 2 aromatic carbocycles. The molecule has 0 bridgehead atoms. The second-order valence-electron chi connectivity index (χ2n) is 7.92. The van der Waals surface area contributed by atoms with E-state index in [0.29, 0.717) is 13.2 Å². The first-order valence-electron chi connectivity index (χ1n) is 11.1. The zero-order valence-corrected chi connectivity index (χ0v) is 18.5. The maximum atomic E-state index is 5.74. The monoisotopic (exact) mass is 436 g/mol. The highest BCUT2D eigenvalue weighted by molar-refractivity contribution is 5.50. The van der Waals surface area contributed by atoms with Crippen molar-refractivity contribution in [3.05, 3.63) is 48.3 Å². The third-order valence-electron chi connectivity index (χ3n) is 6.14. The van der Waals surface area contributed by atoms with Crippen LogP contribution in [0.25, 0.3) is 5.69 Å². The molecule has 3 heterocycles. The number of benzene rings is 2. The molecule has 2 aliphatic heterocycles. The van der Waals surface area contributed by atoms with Gasteiger partial charge < -0.3 is 19.1 Å². The lowest BCUT2D eigenvalue weighted by Crippen LogP contribution is -2.48. The Hall–Kier alpha value is -3.33. The largest absolute Gasteiger partial charge is 0.497 e. The number of hydrogen-bond acceptors (Lipinski definition) is 8. The lowest BCUT2D eigenvalue weighted by Gasteiger charge is -2.39. The molecule has 5 rings (SSSR count). The molecule has 1 atom stereocenters. The summed E-state index contributed by atoms with van der Waals surface area (Å²) < 4.78 is 18.5. The van der Waals surface area contributed by atoms with Crippen molar-refractivity contribution in [3.63, 3.8) is 0 Å². The predicted molar refractivity (Wildman–Crippen MR) is 120 cm³/mol. The Morgan fingerprint density at radius 2 is 1.66 bits per heavy atom. The van der Waals surface area contributed by atoms with E-state index < -0.39 is 0 Å². The summed E-state index contributed by atoms with van der Waals surface area (Å²) in [6, 6.07) is 14.2. The molecular formula is C23H28N6O3. The number of hydrogen-bond donors (Lipinski definition) is 0. The van der Waals surface area contributed by atoms with Gasteiger partial charge in [-0.05, 0) is 53.2 Å². The van der Waals surface area contributed by atoms with Gasteiger partial charge in [-0.2, -0.15) is 4.68 Å². The standard InChI is InChI=1S/C23H28N6O3/c1-3-20(28-12-10-27(11-13-28)17-4-7-19(30-2)8-5-17)23-24-25-26-29(23)18-6-9-21-22(16-18)32-15-14-31-21/h4-9,16,20H,3,10-15H2,1-2H3. The van der Waals surface area contributed by atoms with Crippen LogP contribution in [-0.4, -0.2) is 71.6 Å². The second kappa shape index (κ2) is 9.04. The van der Waals surface area contributed by atoms with Gasteiger partial charge in [-0.3, -0.25) is 4.90 Å². The van der Waals surface area contributed by atoms with Gasteiger partial charge in [0.1, 0.15) is 19.0 Å². The van der Waals surface area contributed by atoms with Crippen molar-refractivity contribution < 1.29 is 14.2 Å². The minimum atomic E-state index is 0.135. The number of tetrazole rings is 1. The minimum absolute atomic E-state index is 0.135. The average molecular weight is 437 g/mol. The van der Waals surface area contributed by atoms with Gasteiger partial charge >= 0.3 is 0 Å². The van der Waals surface area contributed by atoms with Gasteiger partial charge in [-0.25, -0.2) is 0 Å². The quantitative estimate of drug-likeness (QED) is 0.584. The first-order valence-corrected chi connectivity index (χ1v) is 11.1. The highest BCUT2D eigenvalue weighted by Gasteiger charge is 2.29. The summed E-state index contributed by atoms with van der Waals surface area (Å²) in [7, 11) is 1.69. The van der Waals surface area contributed by atoms with E-state index in [1.54, 1.807) is 7.11 Å². The molecule has 9 nitrogen and oxygen atoms in total. The number of anilines is 1. The Morgan fingerprint density at radius 3 is 2.38 bits per heavy atom. The Kier molecular flexibility index (Phi) is 5.81. The Bertz CT molecular complexity index is 1050. The molecule has 0 saturated carbocycles. The first-order chi connectivity index (χ1) is 15.8. The van der Waals surface area contributed by atoms with E-state index in [4.69, 9.17) is 14.2 Å². The van der Waals surface area contributed by atoms with Crippen molar-refractivity contribution in [1.29, 1.82) is 0 Å². The molecule has 168 valence electrons. The van der Waals surface area contributed by atoms with E-state index >= 15 is 0 Å². The van der Waals surface area contributed by atoms with E-state index in [2.05, 4.69) is 44.4 Å². The van der Waals surface area contributed by atoms with E-state index in [0.717, 1.165) is 61.4 Å². The van der Waals surface area contributed by atoms with Crippen molar-refractivity contribution in [2.24, 2.45) is 0 Å². The molecule has 0 N–H and O–H groups in total. The van der Waals surface area contributed by atoms with Gasteiger partial charge in [-0.1, -0.05) is 6.92 Å². The lowest BCUT2D eigenvalue weighted by molar-refractivity contribution is 0.170. The van der Waals surface area contributed by atoms with Crippen LogP contribution in [0.3, 0.4) is 0 Å². The Morgan fingerprint density at radius 1 is 0.938 bits per heavy atom. The van der Waals surface area contributed by atoms with Crippen molar-refractivity contribution in [2.45, 2.75) is 19.4 Å². The molecule has 1 aromatic heterocycles. The summed E-state index contributed by atoms with van der Waals surface area (Å²) in [4.78, 5) is 4.88. The van der Waals surface area contributed by atoms with Crippen LogP contribution in [0.15, 0.2) is 42.5 Å². The predicted octanol–water partition coefficient (Wildman–Crippen LogP) is 2.72. The molecular weight excluding hydrogens is 408 g/mol. The number of rotatable bonds is 6. The average Bonchev–Trinajstić information content (AvgIpc) is 3.34. The fourth-order valence-electron chi connectivity index (χ4n) is 4.44. The van der Waals surface area contributed by atoms with Crippen molar-refractivity contribution in [2.75, 3.05) is 51.4 Å². The number of fused-ring (bicyclic) bond motifs is 1. The number of ether oxygens (including phenoxy) is 3. The van der Waals surface area contributed by atoms with Gasteiger partial charge in [0.25, 0.3) is 0 Å². The van der Waals surface area contributed by atoms with Gasteiger partial charge in [-0.15, -0.1) is 5.10 Å². The zero-order chi connectivity index (χ0) is 21.9. The topological polar surface area (TPSA) is 77.8 Å². The summed E-state index contributed by atoms with van der Waals surface area (Å²) in [6.45, 7) is 7.10. The van der Waals surface area contributed by atoms with Crippen LogP contribution < -0.4 is 19.1 Å². The van der Waals surface area contributed by atoms with Crippen LogP contribution in [0.1, 0.15) is 25.2 Å². The fourth-order valence-corrected chi connectivity index (χ4v) is 4.44. The summed E-state index contributed by atoms with van der Waals surface area (Å²) in [5.41, 5.74) is 2.10. The molecule has 9 heteroatoms. The Balaban J connectivity index is 1.32. The van der Waals surface area contributed by atoms with Crippen LogP contribution in [0, 0.1) is 0 Å². The van der Waals surface area contributed by atoms with E-state index in [1.165, 1.54) is 5.69 Å². The molecule has 0 radical (unpaired) electrons. The van der Waals surface area contributed by atoms with Gasteiger partial charge in [0.15, 0.2) is 17.3 Å². The zero-order valence-electron chi connectivity index (χ0n) is 18.5. The molecule has 1 fully saturated rings. The molecule has 2 aliphatic rings. The molecule has 0 aliphatic carbocycles. The third-order valence-corrected chi connectivity index (χ3v) is 6.14. The first kappa shape index (κ1) is 20.6. The number of aromatic nitrogens is 4. The van der Waals surface area contributed by atoms with Crippen LogP contribution in [0.2, 0.25) is 0 Å². The third kappa shape index (κ3) is 3.95. The summed E-state index contributed by atoms with van der Waals surface area (Å²) in [5.74, 6) is 3.22. The summed E-state index contributed by atoms with van der Waals surface area (Å²) >= 11 is 0. The highest BCUT2D eigenvalue weighted by Crippen LogP contribution is 2.33. The Labute approximate surface area is 187 Å². The number of nitrogens with zero attached hydrogens (tertiary/aromatic N) is 6. The smallest absolute Gasteiger partial charge is 0.173 e. The molecule has 0 spiro atoms. The van der Waals surface area contributed by atoms with Crippen LogP contribution in [-0.2, 0) is 0 Å². The molecule has 1 unspecified atom stereocenters. The minimum Gasteiger partial charge on any atom is -0.497 e. The molecule has 1 saturated heterocycles. The van der Waals surface area contributed by atoms with Gasteiger partial charge in [0.05, 0.1) is 18.8 Å². The number of piperazine rings is 1. The van der Waals surface area contributed by atoms with Crippen LogP contribution in [0.5, 0.6) is 17.2 Å². The highest BCUT2D eigenvalue weighted by atomic mass is 16.6. The molecule has 3 aromatic rings. The maximum absolute atomic E-state index is 5.74. The van der Waals surface area contributed by atoms with Gasteiger partial charge in [0, 0.05) is 37.9 Å². The van der Waals surface area contributed by atoms with E-state index in [9.17, 15) is 0 Å². The summed E-state index contributed by atoms with van der Waals surface area (Å²) in [6.07, 6.45) is 0.924. The van der Waals surface area contributed by atoms with Crippen LogP contribution in [0.4, 0.5) is 5.69 Å². The number of methoxy groups -OCH3 is 1.